The largest absolute Gasteiger partial charge is 0.369 e. The molecule has 0 aromatic heterocycles. The molecule has 1 aromatic carbocycles. The third-order valence-electron chi connectivity index (χ3n) is 1.98. The highest BCUT2D eigenvalue weighted by atomic mass is 32.1. The van der Waals surface area contributed by atoms with Crippen LogP contribution < -0.4 is 4.90 Å². The minimum Gasteiger partial charge on any atom is -0.369 e. The Balaban J connectivity index is 2.08. The topological polar surface area (TPSA) is 3.24 Å². The van der Waals surface area contributed by atoms with Gasteiger partial charge in [0.25, 0.3) is 0 Å². The van der Waals surface area contributed by atoms with Crippen molar-refractivity contribution in [2.24, 2.45) is 0 Å². The predicted molar refractivity (Wildman–Crippen MR) is 51.4 cm³/mol. The van der Waals surface area contributed by atoms with E-state index in [0.29, 0.717) is 5.25 Å². The molecule has 0 spiro atoms. The van der Waals surface area contributed by atoms with Crippen LogP contribution in [0.15, 0.2) is 30.3 Å². The highest BCUT2D eigenvalue weighted by Crippen LogP contribution is 2.22. The molecule has 1 nitrogen and oxygen atoms in total. The highest BCUT2D eigenvalue weighted by Gasteiger charge is 2.22. The van der Waals surface area contributed by atoms with Gasteiger partial charge in [-0.2, -0.15) is 12.6 Å². The summed E-state index contributed by atoms with van der Waals surface area (Å²) in [6, 6.07) is 10.5. The Morgan fingerprint density at radius 3 is 2.36 bits per heavy atom. The molecule has 0 unspecified atom stereocenters. The van der Waals surface area contributed by atoms with Crippen LogP contribution in [0.25, 0.3) is 0 Å². The normalized spacial score (nSPS) is 18.1. The first kappa shape index (κ1) is 7.04. The molecule has 1 aliphatic rings. The number of hydrogen-bond acceptors (Lipinski definition) is 2. The van der Waals surface area contributed by atoms with Gasteiger partial charge in [0.2, 0.25) is 0 Å². The van der Waals surface area contributed by atoms with Gasteiger partial charge < -0.3 is 4.90 Å². The fourth-order valence-corrected chi connectivity index (χ4v) is 1.70. The van der Waals surface area contributed by atoms with E-state index in [2.05, 4.69) is 41.8 Å². The van der Waals surface area contributed by atoms with Crippen LogP contribution in [-0.2, 0) is 0 Å². The number of nitrogens with zero attached hydrogens (tertiary/aromatic N) is 1. The Hall–Kier alpha value is -0.630. The van der Waals surface area contributed by atoms with Crippen molar-refractivity contribution in [1.82, 2.24) is 0 Å². The smallest absolute Gasteiger partial charge is 0.0368 e. The summed E-state index contributed by atoms with van der Waals surface area (Å²) in [5.41, 5.74) is 1.32. The van der Waals surface area contributed by atoms with Gasteiger partial charge in [-0.25, -0.2) is 0 Å². The first-order valence-electron chi connectivity index (χ1n) is 3.84. The second-order valence-electron chi connectivity index (χ2n) is 2.89. The van der Waals surface area contributed by atoms with Gasteiger partial charge in [0.05, 0.1) is 0 Å². The van der Waals surface area contributed by atoms with Crippen LogP contribution in [0.2, 0.25) is 0 Å². The van der Waals surface area contributed by atoms with Crippen molar-refractivity contribution in [3.63, 3.8) is 0 Å². The standard InChI is InChI=1S/C9H11NS/c11-9-6-10(7-9)8-4-2-1-3-5-8/h1-5,9,11H,6-7H2. The van der Waals surface area contributed by atoms with Gasteiger partial charge in [0, 0.05) is 24.0 Å². The van der Waals surface area contributed by atoms with Crippen LogP contribution in [0, 0.1) is 0 Å². The zero-order valence-corrected chi connectivity index (χ0v) is 7.17. The molecule has 0 aliphatic carbocycles. The Morgan fingerprint density at radius 2 is 1.82 bits per heavy atom. The van der Waals surface area contributed by atoms with Crippen molar-refractivity contribution in [2.45, 2.75) is 5.25 Å². The number of benzene rings is 1. The summed E-state index contributed by atoms with van der Waals surface area (Å²) in [5, 5.41) is 0.579. The minimum atomic E-state index is 0.579. The van der Waals surface area contributed by atoms with Crippen molar-refractivity contribution >= 4 is 18.3 Å². The van der Waals surface area contributed by atoms with Gasteiger partial charge >= 0.3 is 0 Å². The van der Waals surface area contributed by atoms with E-state index in [1.54, 1.807) is 0 Å². The Bertz CT molecular complexity index is 229. The molecule has 1 aromatic rings. The molecule has 58 valence electrons. The second-order valence-corrected chi connectivity index (χ2v) is 3.62. The fraction of sp³-hybridized carbons (Fsp3) is 0.333. The molecule has 1 fully saturated rings. The zero-order chi connectivity index (χ0) is 7.68. The van der Waals surface area contributed by atoms with Crippen molar-refractivity contribution in [1.29, 1.82) is 0 Å². The number of para-hydroxylation sites is 1. The predicted octanol–water partition coefficient (Wildman–Crippen LogP) is 1.80. The van der Waals surface area contributed by atoms with Crippen LogP contribution >= 0.6 is 12.6 Å². The van der Waals surface area contributed by atoms with E-state index in [1.165, 1.54) is 5.69 Å². The summed E-state index contributed by atoms with van der Waals surface area (Å²) >= 11 is 4.35. The van der Waals surface area contributed by atoms with Crippen LogP contribution in [0.3, 0.4) is 0 Å². The van der Waals surface area contributed by atoms with E-state index in [4.69, 9.17) is 0 Å². The quantitative estimate of drug-likeness (QED) is 0.621. The molecule has 0 amide bonds. The van der Waals surface area contributed by atoms with Crippen LogP contribution in [0.4, 0.5) is 5.69 Å². The summed E-state index contributed by atoms with van der Waals surface area (Å²) in [6.07, 6.45) is 0. The van der Waals surface area contributed by atoms with Crippen molar-refractivity contribution in [2.75, 3.05) is 18.0 Å². The number of rotatable bonds is 1. The van der Waals surface area contributed by atoms with E-state index >= 15 is 0 Å². The van der Waals surface area contributed by atoms with Crippen LogP contribution in [-0.4, -0.2) is 18.3 Å². The molecule has 11 heavy (non-hydrogen) atoms. The van der Waals surface area contributed by atoms with Gasteiger partial charge in [0.1, 0.15) is 0 Å². The summed E-state index contributed by atoms with van der Waals surface area (Å²) in [6.45, 7) is 2.18. The third-order valence-corrected chi connectivity index (χ3v) is 2.31. The summed E-state index contributed by atoms with van der Waals surface area (Å²) in [4.78, 5) is 2.33. The van der Waals surface area contributed by atoms with Crippen molar-refractivity contribution < 1.29 is 0 Å². The molecule has 0 radical (unpaired) electrons. The second kappa shape index (κ2) is 2.78. The van der Waals surface area contributed by atoms with Crippen molar-refractivity contribution in [3.05, 3.63) is 30.3 Å². The molecule has 0 N–H and O–H groups in total. The van der Waals surface area contributed by atoms with E-state index in [1.807, 2.05) is 6.07 Å². The Kier molecular flexibility index (Phi) is 1.78. The number of thiol groups is 1. The maximum atomic E-state index is 4.35. The Labute approximate surface area is 72.4 Å². The van der Waals surface area contributed by atoms with Crippen molar-refractivity contribution in [3.8, 4) is 0 Å². The number of anilines is 1. The van der Waals surface area contributed by atoms with Crippen LogP contribution in [0.5, 0.6) is 0 Å². The molecule has 1 heterocycles. The molecule has 1 saturated heterocycles. The van der Waals surface area contributed by atoms with Gasteiger partial charge in [-0.1, -0.05) is 18.2 Å². The van der Waals surface area contributed by atoms with E-state index in [9.17, 15) is 0 Å². The monoisotopic (exact) mass is 165 g/mol. The summed E-state index contributed by atoms with van der Waals surface area (Å²) in [7, 11) is 0. The lowest BCUT2D eigenvalue weighted by atomic mass is 10.2. The van der Waals surface area contributed by atoms with Gasteiger partial charge in [0.15, 0.2) is 0 Å². The molecule has 2 rings (SSSR count). The third kappa shape index (κ3) is 1.36. The lowest BCUT2D eigenvalue weighted by molar-refractivity contribution is 0.638. The molecule has 1 aliphatic heterocycles. The van der Waals surface area contributed by atoms with Gasteiger partial charge in [-0.3, -0.25) is 0 Å². The minimum absolute atomic E-state index is 0.579. The van der Waals surface area contributed by atoms with Gasteiger partial charge in [-0.15, -0.1) is 0 Å². The average Bonchev–Trinajstić information content (AvgIpc) is 2.01. The molecule has 0 saturated carbocycles. The SMILES string of the molecule is SC1CN(c2ccccc2)C1. The lowest BCUT2D eigenvalue weighted by Gasteiger charge is -2.38. The first-order valence-corrected chi connectivity index (χ1v) is 4.36. The molecule has 0 atom stereocenters. The maximum absolute atomic E-state index is 4.35. The highest BCUT2D eigenvalue weighted by molar-refractivity contribution is 7.81. The molecular weight excluding hydrogens is 154 g/mol. The van der Waals surface area contributed by atoms with E-state index < -0.39 is 0 Å². The fourth-order valence-electron chi connectivity index (χ4n) is 1.30. The Morgan fingerprint density at radius 1 is 1.18 bits per heavy atom. The van der Waals surface area contributed by atoms with Gasteiger partial charge in [-0.05, 0) is 12.1 Å². The molecule has 0 bridgehead atoms. The first-order chi connectivity index (χ1) is 5.36. The molecular formula is C9H11NS. The van der Waals surface area contributed by atoms with E-state index in [0.717, 1.165) is 13.1 Å². The summed E-state index contributed by atoms with van der Waals surface area (Å²) in [5.74, 6) is 0. The number of hydrogen-bond donors (Lipinski definition) is 1. The van der Waals surface area contributed by atoms with Crippen LogP contribution in [0.1, 0.15) is 0 Å². The van der Waals surface area contributed by atoms with E-state index in [-0.39, 0.29) is 0 Å². The zero-order valence-electron chi connectivity index (χ0n) is 6.27. The summed E-state index contributed by atoms with van der Waals surface area (Å²) < 4.78 is 0. The lowest BCUT2D eigenvalue weighted by Crippen LogP contribution is -2.47. The average molecular weight is 165 g/mol. The maximum Gasteiger partial charge on any atom is 0.0368 e. The molecule has 2 heteroatoms.